The highest BCUT2D eigenvalue weighted by atomic mass is 16.6. The third kappa shape index (κ3) is 31.3. The molecular weight excluding hydrogens is 524 g/mol. The largest absolute Gasteiger partial charge is 0.462 e. The lowest BCUT2D eigenvalue weighted by Crippen LogP contribution is -2.28. The SMILES string of the molecule is CCCCC/C=C\C/C=C\CCCCCCCC(=O)O[C@@H](CO)COC(=O)CCCCCCCCCCCCCCC. The summed E-state index contributed by atoms with van der Waals surface area (Å²) >= 11 is 0. The summed E-state index contributed by atoms with van der Waals surface area (Å²) in [4.78, 5) is 24.1. The van der Waals surface area contributed by atoms with Crippen LogP contribution in [0.15, 0.2) is 24.3 Å². The summed E-state index contributed by atoms with van der Waals surface area (Å²) in [7, 11) is 0. The number of ether oxygens (including phenoxy) is 2. The molecule has 0 spiro atoms. The molecule has 0 saturated heterocycles. The van der Waals surface area contributed by atoms with E-state index >= 15 is 0 Å². The monoisotopic (exact) mass is 593 g/mol. The van der Waals surface area contributed by atoms with Gasteiger partial charge >= 0.3 is 11.9 Å². The molecule has 246 valence electrons. The molecule has 42 heavy (non-hydrogen) atoms. The van der Waals surface area contributed by atoms with E-state index in [1.807, 2.05) is 0 Å². The Morgan fingerprint density at radius 1 is 0.548 bits per heavy atom. The average Bonchev–Trinajstić information content (AvgIpc) is 2.99. The van der Waals surface area contributed by atoms with Gasteiger partial charge in [0.1, 0.15) is 6.61 Å². The van der Waals surface area contributed by atoms with Gasteiger partial charge in [0.15, 0.2) is 6.10 Å². The van der Waals surface area contributed by atoms with E-state index in [-0.39, 0.29) is 25.2 Å². The molecule has 0 bridgehead atoms. The van der Waals surface area contributed by atoms with Crippen molar-refractivity contribution in [3.05, 3.63) is 24.3 Å². The molecule has 0 saturated carbocycles. The predicted molar refractivity (Wildman–Crippen MR) is 178 cm³/mol. The van der Waals surface area contributed by atoms with Gasteiger partial charge in [-0.25, -0.2) is 0 Å². The normalized spacial score (nSPS) is 12.4. The first-order valence-corrected chi connectivity index (χ1v) is 17.9. The first kappa shape index (κ1) is 40.4. The molecule has 1 atom stereocenters. The van der Waals surface area contributed by atoms with Crippen molar-refractivity contribution in [2.75, 3.05) is 13.2 Å². The predicted octanol–water partition coefficient (Wildman–Crippen LogP) is 10.7. The molecule has 0 aromatic heterocycles. The molecule has 0 aliphatic heterocycles. The van der Waals surface area contributed by atoms with E-state index in [4.69, 9.17) is 9.47 Å². The van der Waals surface area contributed by atoms with Crippen LogP contribution in [0.4, 0.5) is 0 Å². The minimum absolute atomic E-state index is 0.0678. The fourth-order valence-electron chi connectivity index (χ4n) is 4.99. The molecule has 0 aromatic carbocycles. The third-order valence-corrected chi connectivity index (χ3v) is 7.75. The maximum atomic E-state index is 12.1. The Morgan fingerprint density at radius 3 is 1.45 bits per heavy atom. The van der Waals surface area contributed by atoms with Crippen LogP contribution in [-0.2, 0) is 19.1 Å². The van der Waals surface area contributed by atoms with E-state index in [1.165, 1.54) is 103 Å². The number of carbonyl (C=O) groups excluding carboxylic acids is 2. The minimum Gasteiger partial charge on any atom is -0.462 e. The van der Waals surface area contributed by atoms with Crippen molar-refractivity contribution < 1.29 is 24.2 Å². The van der Waals surface area contributed by atoms with Crippen molar-refractivity contribution in [2.24, 2.45) is 0 Å². The number of aliphatic hydroxyl groups excluding tert-OH is 1. The van der Waals surface area contributed by atoms with Crippen LogP contribution < -0.4 is 0 Å². The Morgan fingerprint density at radius 2 is 0.952 bits per heavy atom. The topological polar surface area (TPSA) is 72.8 Å². The highest BCUT2D eigenvalue weighted by Gasteiger charge is 2.16. The van der Waals surface area contributed by atoms with E-state index in [0.29, 0.717) is 12.8 Å². The first-order chi connectivity index (χ1) is 20.6. The van der Waals surface area contributed by atoms with E-state index < -0.39 is 6.10 Å². The van der Waals surface area contributed by atoms with Crippen LogP contribution in [0.25, 0.3) is 0 Å². The van der Waals surface area contributed by atoms with Gasteiger partial charge in [0.25, 0.3) is 0 Å². The zero-order valence-corrected chi connectivity index (χ0v) is 27.8. The summed E-state index contributed by atoms with van der Waals surface area (Å²) in [6.07, 6.45) is 38.0. The third-order valence-electron chi connectivity index (χ3n) is 7.75. The minimum atomic E-state index is -0.772. The zero-order valence-electron chi connectivity index (χ0n) is 27.8. The van der Waals surface area contributed by atoms with E-state index in [9.17, 15) is 14.7 Å². The number of rotatable bonds is 32. The summed E-state index contributed by atoms with van der Waals surface area (Å²) in [5.74, 6) is -0.603. The van der Waals surface area contributed by atoms with E-state index in [2.05, 4.69) is 38.2 Å². The zero-order chi connectivity index (χ0) is 30.8. The molecule has 5 nitrogen and oxygen atoms in total. The maximum absolute atomic E-state index is 12.1. The molecule has 0 aliphatic rings. The molecule has 0 rings (SSSR count). The molecule has 0 aliphatic carbocycles. The van der Waals surface area contributed by atoms with Crippen LogP contribution in [0.1, 0.15) is 181 Å². The lowest BCUT2D eigenvalue weighted by Gasteiger charge is -2.15. The van der Waals surface area contributed by atoms with Gasteiger partial charge in [-0.15, -0.1) is 0 Å². The molecule has 5 heteroatoms. The number of hydrogen-bond acceptors (Lipinski definition) is 5. The van der Waals surface area contributed by atoms with Crippen molar-refractivity contribution in [3.63, 3.8) is 0 Å². The summed E-state index contributed by atoms with van der Waals surface area (Å²) < 4.78 is 10.6. The van der Waals surface area contributed by atoms with E-state index in [1.54, 1.807) is 0 Å². The quantitative estimate of drug-likeness (QED) is 0.0478. The highest BCUT2D eigenvalue weighted by Crippen LogP contribution is 2.14. The first-order valence-electron chi connectivity index (χ1n) is 17.9. The fourth-order valence-corrected chi connectivity index (χ4v) is 4.99. The molecule has 0 aromatic rings. The van der Waals surface area contributed by atoms with Crippen LogP contribution in [-0.4, -0.2) is 36.4 Å². The van der Waals surface area contributed by atoms with Crippen LogP contribution in [0, 0.1) is 0 Å². The van der Waals surface area contributed by atoms with Crippen molar-refractivity contribution in [2.45, 2.75) is 187 Å². The van der Waals surface area contributed by atoms with Gasteiger partial charge < -0.3 is 14.6 Å². The summed E-state index contributed by atoms with van der Waals surface area (Å²) in [6.45, 7) is 4.09. The van der Waals surface area contributed by atoms with Crippen LogP contribution in [0.5, 0.6) is 0 Å². The lowest BCUT2D eigenvalue weighted by atomic mass is 10.0. The molecule has 0 fully saturated rings. The van der Waals surface area contributed by atoms with Gasteiger partial charge in [-0.2, -0.15) is 0 Å². The Kier molecular flexibility index (Phi) is 32.6. The molecule has 1 N–H and O–H groups in total. The Bertz CT molecular complexity index is 642. The number of esters is 2. The Hall–Kier alpha value is -1.62. The second kappa shape index (κ2) is 33.9. The van der Waals surface area contributed by atoms with Crippen molar-refractivity contribution in [1.29, 1.82) is 0 Å². The maximum Gasteiger partial charge on any atom is 0.306 e. The number of allylic oxidation sites excluding steroid dienone is 4. The molecule has 0 unspecified atom stereocenters. The van der Waals surface area contributed by atoms with Gasteiger partial charge in [-0.1, -0.05) is 147 Å². The van der Waals surface area contributed by atoms with Gasteiger partial charge in [0, 0.05) is 12.8 Å². The Balaban J connectivity index is 3.59. The van der Waals surface area contributed by atoms with Gasteiger partial charge in [-0.05, 0) is 44.9 Å². The standard InChI is InChI=1S/C37H68O5/c1-3-5-7-9-11-13-15-17-18-20-22-24-26-28-30-32-37(40)42-35(33-38)34-41-36(39)31-29-27-25-23-21-19-16-14-12-10-8-6-4-2/h11,13,17-18,35,38H,3-10,12,14-16,19-34H2,1-2H3/b13-11-,18-17-/t35-/m0/s1. The second-order valence-electron chi connectivity index (χ2n) is 12.0. The number of unbranched alkanes of at least 4 members (excludes halogenated alkanes) is 20. The summed E-state index contributed by atoms with van der Waals surface area (Å²) in [6, 6.07) is 0. The van der Waals surface area contributed by atoms with E-state index in [0.717, 1.165) is 51.4 Å². The number of hydrogen-bond donors (Lipinski definition) is 1. The van der Waals surface area contributed by atoms with Crippen molar-refractivity contribution >= 4 is 11.9 Å². The molecule has 0 radical (unpaired) electrons. The van der Waals surface area contributed by atoms with Crippen LogP contribution in [0.2, 0.25) is 0 Å². The van der Waals surface area contributed by atoms with Crippen LogP contribution in [0.3, 0.4) is 0 Å². The Labute approximate surface area is 260 Å². The smallest absolute Gasteiger partial charge is 0.306 e. The van der Waals surface area contributed by atoms with Gasteiger partial charge in [0.2, 0.25) is 0 Å². The number of aliphatic hydroxyl groups is 1. The lowest BCUT2D eigenvalue weighted by molar-refractivity contribution is -0.161. The average molecular weight is 593 g/mol. The molecule has 0 amide bonds. The van der Waals surface area contributed by atoms with Crippen LogP contribution >= 0.6 is 0 Å². The summed E-state index contributed by atoms with van der Waals surface area (Å²) in [5, 5.41) is 9.51. The molecule has 0 heterocycles. The second-order valence-corrected chi connectivity index (χ2v) is 12.0. The highest BCUT2D eigenvalue weighted by molar-refractivity contribution is 5.70. The summed E-state index contributed by atoms with van der Waals surface area (Å²) in [5.41, 5.74) is 0. The fraction of sp³-hybridized carbons (Fsp3) is 0.838. The number of carbonyl (C=O) groups is 2. The van der Waals surface area contributed by atoms with Gasteiger partial charge in [-0.3, -0.25) is 9.59 Å². The van der Waals surface area contributed by atoms with Crippen molar-refractivity contribution in [3.8, 4) is 0 Å². The van der Waals surface area contributed by atoms with Crippen molar-refractivity contribution in [1.82, 2.24) is 0 Å². The van der Waals surface area contributed by atoms with Gasteiger partial charge in [0.05, 0.1) is 6.61 Å². The molecular formula is C37H68O5.